The molecule has 3 rings (SSSR count). The predicted molar refractivity (Wildman–Crippen MR) is 64.0 cm³/mol. The number of aromatic nitrogens is 1. The number of nitrogens with zero attached hydrogens (tertiary/aromatic N) is 1. The van der Waals surface area contributed by atoms with E-state index in [0.29, 0.717) is 6.61 Å². The molecular formula is C13H16N2O. The first kappa shape index (κ1) is 9.87. The molecule has 0 saturated heterocycles. The molecule has 1 fully saturated rings. The first-order valence-electron chi connectivity index (χ1n) is 5.63. The van der Waals surface area contributed by atoms with Crippen LogP contribution in [0.15, 0.2) is 30.5 Å². The lowest BCUT2D eigenvalue weighted by atomic mass is 9.96. The average molecular weight is 216 g/mol. The fourth-order valence-corrected chi connectivity index (χ4v) is 2.57. The summed E-state index contributed by atoms with van der Waals surface area (Å²) in [6.07, 6.45) is 4.58. The normalized spacial score (nSPS) is 17.9. The van der Waals surface area contributed by atoms with Crippen LogP contribution in [0.1, 0.15) is 18.4 Å². The van der Waals surface area contributed by atoms with Crippen LogP contribution in [0.25, 0.3) is 10.9 Å². The van der Waals surface area contributed by atoms with Crippen molar-refractivity contribution < 1.29 is 4.84 Å². The van der Waals surface area contributed by atoms with Crippen molar-refractivity contribution in [1.29, 1.82) is 0 Å². The predicted octanol–water partition coefficient (Wildman–Crippen LogP) is 2.10. The van der Waals surface area contributed by atoms with Crippen LogP contribution in [0, 0.1) is 0 Å². The number of aryl methyl sites for hydroxylation is 1. The third-order valence-electron chi connectivity index (χ3n) is 3.68. The zero-order valence-corrected chi connectivity index (χ0v) is 9.44. The van der Waals surface area contributed by atoms with Crippen LogP contribution in [-0.2, 0) is 17.3 Å². The van der Waals surface area contributed by atoms with Crippen LogP contribution in [-0.4, -0.2) is 11.2 Å². The highest BCUT2D eigenvalue weighted by Gasteiger charge is 2.46. The number of nitrogens with two attached hydrogens (primary N) is 1. The first-order chi connectivity index (χ1) is 7.77. The molecule has 0 unspecified atom stereocenters. The minimum absolute atomic E-state index is 0.176. The highest BCUT2D eigenvalue weighted by atomic mass is 16.6. The van der Waals surface area contributed by atoms with E-state index in [9.17, 15) is 0 Å². The van der Waals surface area contributed by atoms with Gasteiger partial charge in [-0.15, -0.1) is 0 Å². The highest BCUT2D eigenvalue weighted by Crippen LogP contribution is 2.50. The molecule has 1 heterocycles. The molecule has 2 aromatic rings. The van der Waals surface area contributed by atoms with Crippen molar-refractivity contribution in [2.75, 3.05) is 6.61 Å². The van der Waals surface area contributed by atoms with Gasteiger partial charge in [-0.25, -0.2) is 5.90 Å². The first-order valence-corrected chi connectivity index (χ1v) is 5.63. The second-order valence-corrected chi connectivity index (χ2v) is 4.76. The Bertz CT molecular complexity index is 526. The summed E-state index contributed by atoms with van der Waals surface area (Å²) < 4.78 is 2.18. The quantitative estimate of drug-likeness (QED) is 0.798. The van der Waals surface area contributed by atoms with Gasteiger partial charge in [0.15, 0.2) is 0 Å². The van der Waals surface area contributed by atoms with Gasteiger partial charge < -0.3 is 9.40 Å². The summed E-state index contributed by atoms with van der Waals surface area (Å²) in [7, 11) is 2.09. The molecule has 16 heavy (non-hydrogen) atoms. The molecule has 0 bridgehead atoms. The number of hydrogen-bond acceptors (Lipinski definition) is 2. The van der Waals surface area contributed by atoms with Gasteiger partial charge in [0.2, 0.25) is 0 Å². The third-order valence-corrected chi connectivity index (χ3v) is 3.68. The van der Waals surface area contributed by atoms with Gasteiger partial charge >= 0.3 is 0 Å². The van der Waals surface area contributed by atoms with Crippen molar-refractivity contribution in [3.63, 3.8) is 0 Å². The Morgan fingerprint density at radius 3 is 2.81 bits per heavy atom. The number of para-hydroxylation sites is 1. The lowest BCUT2D eigenvalue weighted by molar-refractivity contribution is 0.116. The van der Waals surface area contributed by atoms with Gasteiger partial charge in [-0.05, 0) is 24.5 Å². The Kier molecular flexibility index (Phi) is 2.06. The van der Waals surface area contributed by atoms with Crippen molar-refractivity contribution in [2.24, 2.45) is 12.9 Å². The minimum Gasteiger partial charge on any atom is -0.350 e. The Labute approximate surface area is 94.8 Å². The number of hydrogen-bond donors (Lipinski definition) is 1. The van der Waals surface area contributed by atoms with Crippen molar-refractivity contribution in [2.45, 2.75) is 18.3 Å². The summed E-state index contributed by atoms with van der Waals surface area (Å²) in [6.45, 7) is 0.626. The van der Waals surface area contributed by atoms with E-state index in [-0.39, 0.29) is 5.41 Å². The molecule has 84 valence electrons. The minimum atomic E-state index is 0.176. The molecule has 1 aliphatic rings. The van der Waals surface area contributed by atoms with E-state index in [1.807, 2.05) is 0 Å². The van der Waals surface area contributed by atoms with Gasteiger partial charge in [-0.1, -0.05) is 18.2 Å². The number of rotatable bonds is 3. The van der Waals surface area contributed by atoms with Crippen molar-refractivity contribution in [3.05, 3.63) is 36.0 Å². The van der Waals surface area contributed by atoms with Gasteiger partial charge in [0.05, 0.1) is 6.61 Å². The maximum atomic E-state index is 5.24. The molecule has 0 radical (unpaired) electrons. The van der Waals surface area contributed by atoms with Gasteiger partial charge in [0.25, 0.3) is 0 Å². The maximum Gasteiger partial charge on any atom is 0.0776 e. The molecule has 0 amide bonds. The van der Waals surface area contributed by atoms with E-state index >= 15 is 0 Å². The topological polar surface area (TPSA) is 40.2 Å². The van der Waals surface area contributed by atoms with Crippen molar-refractivity contribution in [1.82, 2.24) is 4.57 Å². The molecule has 1 saturated carbocycles. The molecule has 2 N–H and O–H groups in total. The van der Waals surface area contributed by atoms with Crippen molar-refractivity contribution >= 4 is 10.9 Å². The Balaban J connectivity index is 2.17. The zero-order valence-electron chi connectivity index (χ0n) is 9.44. The van der Waals surface area contributed by atoms with Gasteiger partial charge in [0.1, 0.15) is 0 Å². The van der Waals surface area contributed by atoms with Crippen LogP contribution >= 0.6 is 0 Å². The van der Waals surface area contributed by atoms with Crippen LogP contribution in [0.5, 0.6) is 0 Å². The summed E-state index contributed by atoms with van der Waals surface area (Å²) in [4.78, 5) is 4.87. The average Bonchev–Trinajstić information content (AvgIpc) is 2.99. The monoisotopic (exact) mass is 216 g/mol. The van der Waals surface area contributed by atoms with E-state index < -0.39 is 0 Å². The second kappa shape index (κ2) is 3.34. The third kappa shape index (κ3) is 1.29. The fraction of sp³-hybridized carbons (Fsp3) is 0.385. The molecule has 1 aromatic heterocycles. The fourth-order valence-electron chi connectivity index (χ4n) is 2.57. The van der Waals surface area contributed by atoms with Gasteiger partial charge in [-0.2, -0.15) is 0 Å². The SMILES string of the molecule is Cn1cc(C2(CON)CC2)c2ccccc21. The van der Waals surface area contributed by atoms with Crippen molar-refractivity contribution in [3.8, 4) is 0 Å². The second-order valence-electron chi connectivity index (χ2n) is 4.76. The van der Waals surface area contributed by atoms with Crippen LogP contribution < -0.4 is 5.90 Å². The summed E-state index contributed by atoms with van der Waals surface area (Å²) in [5.41, 5.74) is 2.84. The molecular weight excluding hydrogens is 200 g/mol. The van der Waals surface area contributed by atoms with E-state index in [2.05, 4.69) is 42.1 Å². The van der Waals surface area contributed by atoms with E-state index in [4.69, 9.17) is 10.7 Å². The lowest BCUT2D eigenvalue weighted by Gasteiger charge is -2.12. The van der Waals surface area contributed by atoms with Gasteiger partial charge in [-0.3, -0.25) is 0 Å². The van der Waals surface area contributed by atoms with Gasteiger partial charge in [0, 0.05) is 29.6 Å². The number of fused-ring (bicyclic) bond motifs is 1. The van der Waals surface area contributed by atoms with Crippen LogP contribution in [0.4, 0.5) is 0 Å². The smallest absolute Gasteiger partial charge is 0.0776 e. The standard InChI is InChI=1S/C13H16N2O/c1-15-8-11(13(6-7-13)9-16-14)10-4-2-3-5-12(10)15/h2-5,8H,6-7,9,14H2,1H3. The summed E-state index contributed by atoms with van der Waals surface area (Å²) in [5, 5.41) is 1.33. The maximum absolute atomic E-state index is 5.24. The van der Waals surface area contributed by atoms with Crippen LogP contribution in [0.3, 0.4) is 0 Å². The molecule has 3 heteroatoms. The zero-order chi connectivity index (χ0) is 11.2. The Hall–Kier alpha value is -1.32. The van der Waals surface area contributed by atoms with E-state index in [1.165, 1.54) is 29.3 Å². The molecule has 1 aliphatic carbocycles. The molecule has 0 spiro atoms. The Morgan fingerprint density at radius 1 is 1.38 bits per heavy atom. The van der Waals surface area contributed by atoms with E-state index in [0.717, 1.165) is 0 Å². The summed E-state index contributed by atoms with van der Waals surface area (Å²) in [5.74, 6) is 5.24. The summed E-state index contributed by atoms with van der Waals surface area (Å²) >= 11 is 0. The highest BCUT2D eigenvalue weighted by molar-refractivity contribution is 5.85. The van der Waals surface area contributed by atoms with Crippen LogP contribution in [0.2, 0.25) is 0 Å². The Morgan fingerprint density at radius 2 is 2.12 bits per heavy atom. The molecule has 0 aliphatic heterocycles. The number of benzene rings is 1. The molecule has 1 aromatic carbocycles. The summed E-state index contributed by atoms with van der Waals surface area (Å²) in [6, 6.07) is 8.50. The largest absolute Gasteiger partial charge is 0.350 e. The molecule has 0 atom stereocenters. The van der Waals surface area contributed by atoms with E-state index in [1.54, 1.807) is 0 Å². The lowest BCUT2D eigenvalue weighted by Crippen LogP contribution is -2.17. The molecule has 3 nitrogen and oxygen atoms in total.